The standard InChI is InChI=1S/C10H15N3O2/c11-12-10(14)9-4-3-8(15-9)7-13-5-1-2-6-13/h3-4H,1-2,5-7,11H2,(H,12,14). The van der Waals surface area contributed by atoms with Crippen LogP contribution in [0.3, 0.4) is 0 Å². The van der Waals surface area contributed by atoms with Gasteiger partial charge in [0.15, 0.2) is 5.76 Å². The number of hydrogen-bond acceptors (Lipinski definition) is 4. The number of hydrazine groups is 1. The molecule has 2 heterocycles. The predicted molar refractivity (Wildman–Crippen MR) is 54.9 cm³/mol. The van der Waals surface area contributed by atoms with Gasteiger partial charge in [-0.25, -0.2) is 5.84 Å². The molecule has 5 heteroatoms. The molecule has 0 saturated carbocycles. The molecule has 0 bridgehead atoms. The average molecular weight is 209 g/mol. The first-order chi connectivity index (χ1) is 7.29. The van der Waals surface area contributed by atoms with Crippen LogP contribution in [0.4, 0.5) is 0 Å². The molecule has 1 aliphatic rings. The highest BCUT2D eigenvalue weighted by molar-refractivity contribution is 5.90. The Bertz CT molecular complexity index is 342. The Labute approximate surface area is 88.2 Å². The fourth-order valence-electron chi connectivity index (χ4n) is 1.82. The number of nitrogens with two attached hydrogens (primary N) is 1. The molecule has 1 saturated heterocycles. The molecule has 0 unspecified atom stereocenters. The van der Waals surface area contributed by atoms with Crippen LogP contribution in [0.15, 0.2) is 16.5 Å². The number of nitrogens with one attached hydrogen (secondary N) is 1. The van der Waals surface area contributed by atoms with E-state index in [-0.39, 0.29) is 11.7 Å². The lowest BCUT2D eigenvalue weighted by Crippen LogP contribution is -2.29. The third kappa shape index (κ3) is 2.37. The van der Waals surface area contributed by atoms with E-state index in [0.717, 1.165) is 25.4 Å². The van der Waals surface area contributed by atoms with Crippen molar-refractivity contribution in [3.63, 3.8) is 0 Å². The van der Waals surface area contributed by atoms with E-state index in [9.17, 15) is 4.79 Å². The number of likely N-dealkylation sites (tertiary alicyclic amines) is 1. The Morgan fingerprint density at radius 1 is 1.47 bits per heavy atom. The lowest BCUT2D eigenvalue weighted by molar-refractivity contribution is 0.0922. The molecular weight excluding hydrogens is 194 g/mol. The fraction of sp³-hybridized carbons (Fsp3) is 0.500. The van der Waals surface area contributed by atoms with E-state index in [0.29, 0.717) is 0 Å². The molecule has 3 N–H and O–H groups in total. The maximum atomic E-state index is 11.1. The predicted octanol–water partition coefficient (Wildman–Crippen LogP) is 0.479. The number of rotatable bonds is 3. The fourth-order valence-corrected chi connectivity index (χ4v) is 1.82. The van der Waals surface area contributed by atoms with E-state index in [2.05, 4.69) is 4.90 Å². The molecule has 1 fully saturated rings. The van der Waals surface area contributed by atoms with Crippen molar-refractivity contribution in [2.24, 2.45) is 5.84 Å². The van der Waals surface area contributed by atoms with Crippen LogP contribution in [-0.2, 0) is 6.54 Å². The molecule has 15 heavy (non-hydrogen) atoms. The summed E-state index contributed by atoms with van der Waals surface area (Å²) in [7, 11) is 0. The number of nitrogens with zero attached hydrogens (tertiary/aromatic N) is 1. The quantitative estimate of drug-likeness (QED) is 0.431. The Balaban J connectivity index is 1.97. The van der Waals surface area contributed by atoms with Crippen molar-refractivity contribution in [2.75, 3.05) is 13.1 Å². The molecule has 1 amide bonds. The molecule has 0 aliphatic carbocycles. The minimum absolute atomic E-state index is 0.270. The zero-order chi connectivity index (χ0) is 10.7. The number of carbonyl (C=O) groups is 1. The Hall–Kier alpha value is -1.33. The van der Waals surface area contributed by atoms with Crippen molar-refractivity contribution in [2.45, 2.75) is 19.4 Å². The van der Waals surface area contributed by atoms with Crippen LogP contribution in [0.5, 0.6) is 0 Å². The van der Waals surface area contributed by atoms with Gasteiger partial charge in [0.05, 0.1) is 6.54 Å². The molecule has 1 aromatic rings. The monoisotopic (exact) mass is 209 g/mol. The van der Waals surface area contributed by atoms with Gasteiger partial charge >= 0.3 is 5.91 Å². The number of furan rings is 1. The third-order valence-electron chi connectivity index (χ3n) is 2.59. The van der Waals surface area contributed by atoms with E-state index in [4.69, 9.17) is 10.3 Å². The van der Waals surface area contributed by atoms with Crippen molar-refractivity contribution in [1.29, 1.82) is 0 Å². The van der Waals surface area contributed by atoms with E-state index >= 15 is 0 Å². The highest BCUT2D eigenvalue weighted by Crippen LogP contribution is 2.14. The van der Waals surface area contributed by atoms with E-state index in [1.165, 1.54) is 12.8 Å². The molecule has 0 atom stereocenters. The van der Waals surface area contributed by atoms with Gasteiger partial charge in [0.2, 0.25) is 0 Å². The first kappa shape index (κ1) is 10.2. The minimum Gasteiger partial charge on any atom is -0.455 e. The van der Waals surface area contributed by atoms with Crippen LogP contribution in [0.2, 0.25) is 0 Å². The van der Waals surface area contributed by atoms with Gasteiger partial charge in [0, 0.05) is 0 Å². The van der Waals surface area contributed by atoms with Crippen molar-refractivity contribution in [3.8, 4) is 0 Å². The highest BCUT2D eigenvalue weighted by atomic mass is 16.4. The largest absolute Gasteiger partial charge is 0.455 e. The van der Waals surface area contributed by atoms with Crippen molar-refractivity contribution in [1.82, 2.24) is 10.3 Å². The van der Waals surface area contributed by atoms with Gasteiger partial charge in [-0.3, -0.25) is 15.1 Å². The maximum absolute atomic E-state index is 11.1. The second-order valence-electron chi connectivity index (χ2n) is 3.72. The normalized spacial score (nSPS) is 16.9. The molecule has 0 radical (unpaired) electrons. The Kier molecular flexibility index (Phi) is 3.03. The molecular formula is C10H15N3O2. The average Bonchev–Trinajstić information content (AvgIpc) is 2.88. The topological polar surface area (TPSA) is 71.5 Å². The van der Waals surface area contributed by atoms with Crippen molar-refractivity contribution < 1.29 is 9.21 Å². The molecule has 1 aromatic heterocycles. The van der Waals surface area contributed by atoms with Crippen molar-refractivity contribution in [3.05, 3.63) is 23.7 Å². The van der Waals surface area contributed by atoms with Crippen LogP contribution in [0.25, 0.3) is 0 Å². The van der Waals surface area contributed by atoms with E-state index in [1.54, 1.807) is 6.07 Å². The van der Waals surface area contributed by atoms with Gasteiger partial charge < -0.3 is 4.42 Å². The van der Waals surface area contributed by atoms with E-state index in [1.807, 2.05) is 11.5 Å². The van der Waals surface area contributed by atoms with Gasteiger partial charge in [0.25, 0.3) is 0 Å². The van der Waals surface area contributed by atoms with Gasteiger partial charge in [-0.1, -0.05) is 0 Å². The molecule has 0 aromatic carbocycles. The summed E-state index contributed by atoms with van der Waals surface area (Å²) >= 11 is 0. The summed E-state index contributed by atoms with van der Waals surface area (Å²) < 4.78 is 5.36. The zero-order valence-electron chi connectivity index (χ0n) is 8.53. The van der Waals surface area contributed by atoms with Crippen LogP contribution >= 0.6 is 0 Å². The number of amides is 1. The summed E-state index contributed by atoms with van der Waals surface area (Å²) in [6.45, 7) is 3.00. The van der Waals surface area contributed by atoms with Gasteiger partial charge in [-0.05, 0) is 38.1 Å². The highest BCUT2D eigenvalue weighted by Gasteiger charge is 2.15. The van der Waals surface area contributed by atoms with Gasteiger partial charge in [-0.2, -0.15) is 0 Å². The molecule has 82 valence electrons. The lowest BCUT2D eigenvalue weighted by Gasteiger charge is -2.11. The molecule has 2 rings (SSSR count). The summed E-state index contributed by atoms with van der Waals surface area (Å²) in [6.07, 6.45) is 2.49. The first-order valence-electron chi connectivity index (χ1n) is 5.11. The van der Waals surface area contributed by atoms with Gasteiger partial charge in [-0.15, -0.1) is 0 Å². The lowest BCUT2D eigenvalue weighted by atomic mass is 10.4. The number of hydrogen-bond donors (Lipinski definition) is 2. The third-order valence-corrected chi connectivity index (χ3v) is 2.59. The summed E-state index contributed by atoms with van der Waals surface area (Å²) in [5.74, 6) is 5.71. The van der Waals surface area contributed by atoms with Crippen LogP contribution in [-0.4, -0.2) is 23.9 Å². The molecule has 1 aliphatic heterocycles. The van der Waals surface area contributed by atoms with Crippen LogP contribution in [0.1, 0.15) is 29.2 Å². The van der Waals surface area contributed by atoms with Crippen LogP contribution < -0.4 is 11.3 Å². The second kappa shape index (κ2) is 4.46. The Morgan fingerprint density at radius 3 is 2.87 bits per heavy atom. The minimum atomic E-state index is -0.386. The molecule has 5 nitrogen and oxygen atoms in total. The summed E-state index contributed by atoms with van der Waals surface area (Å²) in [6, 6.07) is 3.47. The second-order valence-corrected chi connectivity index (χ2v) is 3.72. The van der Waals surface area contributed by atoms with Crippen LogP contribution in [0, 0.1) is 0 Å². The summed E-state index contributed by atoms with van der Waals surface area (Å²) in [5, 5.41) is 0. The summed E-state index contributed by atoms with van der Waals surface area (Å²) in [5.41, 5.74) is 2.04. The zero-order valence-corrected chi connectivity index (χ0v) is 8.53. The van der Waals surface area contributed by atoms with Gasteiger partial charge in [0.1, 0.15) is 5.76 Å². The Morgan fingerprint density at radius 2 is 2.20 bits per heavy atom. The smallest absolute Gasteiger partial charge is 0.300 e. The number of carbonyl (C=O) groups excluding carboxylic acids is 1. The molecule has 0 spiro atoms. The summed E-state index contributed by atoms with van der Waals surface area (Å²) in [4.78, 5) is 13.4. The first-order valence-corrected chi connectivity index (χ1v) is 5.11. The SMILES string of the molecule is NNC(=O)c1ccc(CN2CCCC2)o1. The maximum Gasteiger partial charge on any atom is 0.300 e. The van der Waals surface area contributed by atoms with E-state index < -0.39 is 0 Å². The number of nitrogen functional groups attached to an aromatic ring is 1. The van der Waals surface area contributed by atoms with Crippen molar-refractivity contribution >= 4 is 5.91 Å².